The molecule has 27 heavy (non-hydrogen) atoms. The predicted octanol–water partition coefficient (Wildman–Crippen LogP) is 4.24. The summed E-state index contributed by atoms with van der Waals surface area (Å²) in [6.07, 6.45) is 0. The molecule has 0 saturated heterocycles. The van der Waals surface area contributed by atoms with Crippen LogP contribution < -0.4 is 10.5 Å². The number of esters is 1. The zero-order valence-electron chi connectivity index (χ0n) is 14.7. The van der Waals surface area contributed by atoms with Crippen LogP contribution >= 0.6 is 0 Å². The lowest BCUT2D eigenvalue weighted by Crippen LogP contribution is -2.27. The average Bonchev–Trinajstić information content (AvgIpc) is 2.68. The Labute approximate surface area is 156 Å². The third-order valence-corrected chi connectivity index (χ3v) is 4.69. The van der Waals surface area contributed by atoms with Crippen LogP contribution in [0, 0.1) is 5.82 Å². The van der Waals surface area contributed by atoms with Gasteiger partial charge in [0.05, 0.1) is 12.5 Å². The minimum absolute atomic E-state index is 0.00614. The first-order chi connectivity index (χ1) is 13.1. The van der Waals surface area contributed by atoms with Gasteiger partial charge in [-0.05, 0) is 30.0 Å². The highest BCUT2D eigenvalue weighted by molar-refractivity contribution is 5.96. The molecule has 0 aliphatic carbocycles. The third kappa shape index (κ3) is 2.91. The Hall–Kier alpha value is -3.34. The fourth-order valence-corrected chi connectivity index (χ4v) is 3.49. The van der Waals surface area contributed by atoms with Crippen molar-refractivity contribution in [2.75, 3.05) is 6.61 Å². The molecule has 136 valence electrons. The zero-order valence-corrected chi connectivity index (χ0v) is 14.7. The van der Waals surface area contributed by atoms with Gasteiger partial charge < -0.3 is 15.2 Å². The van der Waals surface area contributed by atoms with E-state index in [9.17, 15) is 9.18 Å². The standard InChI is InChI=1S/C22H18FNO3/c1-2-26-22(25)19-18(14-7-10-15(23)11-8-14)17-12-9-13-5-3-4-6-16(13)20(17)27-21(19)24/h3-12,18H,2,24H2,1H3. The molecule has 5 heteroatoms. The van der Waals surface area contributed by atoms with Crippen LogP contribution in [0.25, 0.3) is 10.8 Å². The second kappa shape index (κ2) is 6.76. The van der Waals surface area contributed by atoms with Gasteiger partial charge in [-0.2, -0.15) is 0 Å². The lowest BCUT2D eigenvalue weighted by atomic mass is 9.82. The summed E-state index contributed by atoms with van der Waals surface area (Å²) in [5.74, 6) is -0.778. The summed E-state index contributed by atoms with van der Waals surface area (Å²) in [7, 11) is 0. The average molecular weight is 363 g/mol. The first-order valence-corrected chi connectivity index (χ1v) is 8.72. The number of ether oxygens (including phenoxy) is 2. The Morgan fingerprint density at radius 3 is 2.59 bits per heavy atom. The molecule has 1 aliphatic rings. The Balaban J connectivity index is 1.96. The first kappa shape index (κ1) is 17.1. The van der Waals surface area contributed by atoms with Crippen molar-refractivity contribution >= 4 is 16.7 Å². The molecule has 0 amide bonds. The Kier molecular flexibility index (Phi) is 4.28. The number of rotatable bonds is 3. The first-order valence-electron chi connectivity index (χ1n) is 8.72. The van der Waals surface area contributed by atoms with Crippen LogP contribution in [0.1, 0.15) is 24.0 Å². The van der Waals surface area contributed by atoms with Crippen LogP contribution in [-0.4, -0.2) is 12.6 Å². The van der Waals surface area contributed by atoms with Gasteiger partial charge in [0.15, 0.2) is 0 Å². The van der Waals surface area contributed by atoms with E-state index in [1.807, 2.05) is 36.4 Å². The molecule has 0 radical (unpaired) electrons. The molecule has 0 fully saturated rings. The van der Waals surface area contributed by atoms with Crippen molar-refractivity contribution in [3.63, 3.8) is 0 Å². The van der Waals surface area contributed by atoms with Gasteiger partial charge in [0.25, 0.3) is 0 Å². The van der Waals surface area contributed by atoms with E-state index in [-0.39, 0.29) is 23.9 Å². The zero-order chi connectivity index (χ0) is 19.0. The number of benzene rings is 3. The summed E-state index contributed by atoms with van der Waals surface area (Å²) in [6.45, 7) is 1.95. The fourth-order valence-electron chi connectivity index (χ4n) is 3.49. The van der Waals surface area contributed by atoms with Gasteiger partial charge in [0, 0.05) is 10.9 Å². The third-order valence-electron chi connectivity index (χ3n) is 4.69. The maximum Gasteiger partial charge on any atom is 0.340 e. The minimum Gasteiger partial charge on any atom is -0.462 e. The molecule has 2 N–H and O–H groups in total. The second-order valence-electron chi connectivity index (χ2n) is 6.29. The SMILES string of the molecule is CCOC(=O)C1=C(N)Oc2c(ccc3ccccc23)C1c1ccc(F)cc1. The number of fused-ring (bicyclic) bond motifs is 3. The summed E-state index contributed by atoms with van der Waals surface area (Å²) in [4.78, 5) is 12.6. The van der Waals surface area contributed by atoms with Gasteiger partial charge in [-0.3, -0.25) is 0 Å². The number of carbonyl (C=O) groups is 1. The number of nitrogens with two attached hydrogens (primary N) is 1. The molecule has 0 bridgehead atoms. The van der Waals surface area contributed by atoms with Gasteiger partial charge in [-0.1, -0.05) is 48.5 Å². The molecular weight excluding hydrogens is 345 g/mol. The summed E-state index contributed by atoms with van der Waals surface area (Å²) in [5.41, 5.74) is 7.91. The summed E-state index contributed by atoms with van der Waals surface area (Å²) < 4.78 is 24.5. The second-order valence-corrected chi connectivity index (χ2v) is 6.29. The number of hydrogen-bond donors (Lipinski definition) is 1. The van der Waals surface area contributed by atoms with Gasteiger partial charge in [0.1, 0.15) is 17.1 Å². The van der Waals surface area contributed by atoms with Gasteiger partial charge in [-0.15, -0.1) is 0 Å². The number of halogens is 1. The van der Waals surface area contributed by atoms with Gasteiger partial charge in [0.2, 0.25) is 5.88 Å². The van der Waals surface area contributed by atoms with E-state index < -0.39 is 11.9 Å². The van der Waals surface area contributed by atoms with Crippen molar-refractivity contribution in [2.24, 2.45) is 5.73 Å². The predicted molar refractivity (Wildman–Crippen MR) is 101 cm³/mol. The van der Waals surface area contributed by atoms with Crippen LogP contribution in [0.2, 0.25) is 0 Å². The van der Waals surface area contributed by atoms with Crippen LogP contribution in [0.4, 0.5) is 4.39 Å². The molecule has 0 spiro atoms. The number of carbonyl (C=O) groups excluding carboxylic acids is 1. The highest BCUT2D eigenvalue weighted by Crippen LogP contribution is 2.45. The summed E-state index contributed by atoms with van der Waals surface area (Å²) in [6, 6.07) is 17.7. The smallest absolute Gasteiger partial charge is 0.340 e. The highest BCUT2D eigenvalue weighted by Gasteiger charge is 2.36. The molecule has 3 aromatic carbocycles. The lowest BCUT2D eigenvalue weighted by Gasteiger charge is -2.29. The van der Waals surface area contributed by atoms with Crippen molar-refractivity contribution < 1.29 is 18.7 Å². The van der Waals surface area contributed by atoms with E-state index in [1.165, 1.54) is 12.1 Å². The molecule has 3 aromatic rings. The largest absolute Gasteiger partial charge is 0.462 e. The molecule has 1 atom stereocenters. The molecule has 4 rings (SSSR count). The lowest BCUT2D eigenvalue weighted by molar-refractivity contribution is -0.139. The summed E-state index contributed by atoms with van der Waals surface area (Å²) in [5, 5.41) is 1.90. The van der Waals surface area contributed by atoms with E-state index in [1.54, 1.807) is 19.1 Å². The Morgan fingerprint density at radius 1 is 1.11 bits per heavy atom. The quantitative estimate of drug-likeness (QED) is 0.707. The van der Waals surface area contributed by atoms with Crippen molar-refractivity contribution in [2.45, 2.75) is 12.8 Å². The molecular formula is C22H18FNO3. The molecule has 1 aliphatic heterocycles. The van der Waals surface area contributed by atoms with Crippen molar-refractivity contribution in [3.8, 4) is 5.75 Å². The maximum absolute atomic E-state index is 13.5. The molecule has 0 aromatic heterocycles. The van der Waals surface area contributed by atoms with Gasteiger partial charge >= 0.3 is 5.97 Å². The van der Waals surface area contributed by atoms with Crippen molar-refractivity contribution in [1.82, 2.24) is 0 Å². The number of hydrogen-bond acceptors (Lipinski definition) is 4. The minimum atomic E-state index is -0.539. The van der Waals surface area contributed by atoms with E-state index >= 15 is 0 Å². The van der Waals surface area contributed by atoms with E-state index in [4.69, 9.17) is 15.2 Å². The molecule has 0 saturated carbocycles. The van der Waals surface area contributed by atoms with Gasteiger partial charge in [-0.25, -0.2) is 9.18 Å². The Morgan fingerprint density at radius 2 is 1.85 bits per heavy atom. The van der Waals surface area contributed by atoms with E-state index in [2.05, 4.69) is 0 Å². The fraction of sp³-hybridized carbons (Fsp3) is 0.136. The van der Waals surface area contributed by atoms with Crippen LogP contribution in [0.5, 0.6) is 5.75 Å². The maximum atomic E-state index is 13.5. The Bertz CT molecular complexity index is 1060. The highest BCUT2D eigenvalue weighted by atomic mass is 19.1. The normalized spacial score (nSPS) is 16.0. The topological polar surface area (TPSA) is 61.5 Å². The molecule has 1 heterocycles. The summed E-state index contributed by atoms with van der Waals surface area (Å²) >= 11 is 0. The van der Waals surface area contributed by atoms with Crippen molar-refractivity contribution in [1.29, 1.82) is 0 Å². The van der Waals surface area contributed by atoms with Crippen LogP contribution in [0.15, 0.2) is 72.1 Å². The van der Waals surface area contributed by atoms with Crippen molar-refractivity contribution in [3.05, 3.63) is 89.1 Å². The van der Waals surface area contributed by atoms with Crippen LogP contribution in [-0.2, 0) is 9.53 Å². The molecule has 1 unspecified atom stereocenters. The molecule has 4 nitrogen and oxygen atoms in total. The monoisotopic (exact) mass is 363 g/mol. The van der Waals surface area contributed by atoms with E-state index in [0.29, 0.717) is 5.75 Å². The van der Waals surface area contributed by atoms with Crippen LogP contribution in [0.3, 0.4) is 0 Å². The van der Waals surface area contributed by atoms with E-state index in [0.717, 1.165) is 21.9 Å².